The molecule has 0 saturated carbocycles. The van der Waals surface area contributed by atoms with Gasteiger partial charge >= 0.3 is 0 Å². The molecular weight excluding hydrogens is 733 g/mol. The van der Waals surface area contributed by atoms with E-state index in [4.69, 9.17) is 19.4 Å². The van der Waals surface area contributed by atoms with Crippen molar-refractivity contribution in [2.45, 2.75) is 0 Å². The van der Waals surface area contributed by atoms with Crippen molar-refractivity contribution in [1.29, 1.82) is 0 Å². The number of rotatable bonds is 6. The molecule has 0 bridgehead atoms. The first-order valence-corrected chi connectivity index (χ1v) is 20.2. The number of furan rings is 1. The summed E-state index contributed by atoms with van der Waals surface area (Å²) in [6.07, 6.45) is 0. The number of benzene rings is 9. The zero-order chi connectivity index (χ0) is 39.6. The van der Waals surface area contributed by atoms with Crippen LogP contribution >= 0.6 is 0 Å². The van der Waals surface area contributed by atoms with E-state index < -0.39 is 0 Å². The molecule has 0 aliphatic carbocycles. The molecule has 0 fully saturated rings. The summed E-state index contributed by atoms with van der Waals surface area (Å²) in [6.45, 7) is 0. The number of para-hydroxylation sites is 1. The van der Waals surface area contributed by atoms with Gasteiger partial charge in [0.1, 0.15) is 11.2 Å². The predicted molar refractivity (Wildman–Crippen MR) is 246 cm³/mol. The van der Waals surface area contributed by atoms with E-state index in [0.717, 1.165) is 66.6 Å². The molecule has 0 unspecified atom stereocenters. The van der Waals surface area contributed by atoms with Crippen molar-refractivity contribution < 1.29 is 4.42 Å². The summed E-state index contributed by atoms with van der Waals surface area (Å²) in [4.78, 5) is 15.3. The highest BCUT2D eigenvalue weighted by molar-refractivity contribution is 6.14. The normalized spacial score (nSPS) is 11.7. The SMILES string of the molecule is c1ccc(-c2cccc(-c3nc(-c4ccccc4)nc(-c4cccc5oc6cc(-c7cccc(-n8c9ccccc9c9cc%10ccccc%10cc98)c7)ccc6c45)n3)c2)cc1. The number of fused-ring (bicyclic) bond motifs is 7. The number of aromatic nitrogens is 4. The summed E-state index contributed by atoms with van der Waals surface area (Å²) in [5.41, 5.74) is 12.2. The van der Waals surface area contributed by atoms with Crippen LogP contribution in [0.3, 0.4) is 0 Å². The lowest BCUT2D eigenvalue weighted by atomic mass is 10.0. The highest BCUT2D eigenvalue weighted by Crippen LogP contribution is 2.40. The second kappa shape index (κ2) is 13.8. The van der Waals surface area contributed by atoms with Crippen molar-refractivity contribution in [3.8, 4) is 62.1 Å². The molecule has 280 valence electrons. The van der Waals surface area contributed by atoms with Gasteiger partial charge in [0.05, 0.1) is 11.0 Å². The Kier molecular flexibility index (Phi) is 7.78. The van der Waals surface area contributed by atoms with Crippen molar-refractivity contribution in [1.82, 2.24) is 19.5 Å². The van der Waals surface area contributed by atoms with Crippen LogP contribution in [0.15, 0.2) is 211 Å². The summed E-state index contributed by atoms with van der Waals surface area (Å²) in [5.74, 6) is 1.82. The Labute approximate surface area is 345 Å². The number of hydrogen-bond acceptors (Lipinski definition) is 4. The monoisotopic (exact) mass is 766 g/mol. The van der Waals surface area contributed by atoms with Gasteiger partial charge < -0.3 is 8.98 Å². The summed E-state index contributed by atoms with van der Waals surface area (Å²) >= 11 is 0. The van der Waals surface area contributed by atoms with Gasteiger partial charge in [-0.2, -0.15) is 0 Å². The smallest absolute Gasteiger partial charge is 0.164 e. The summed E-state index contributed by atoms with van der Waals surface area (Å²) in [6, 6.07) is 72.2. The third-order valence-electron chi connectivity index (χ3n) is 11.6. The van der Waals surface area contributed by atoms with Crippen LogP contribution in [0.4, 0.5) is 0 Å². The van der Waals surface area contributed by atoms with Gasteiger partial charge in [0.2, 0.25) is 0 Å². The van der Waals surface area contributed by atoms with Crippen LogP contribution in [-0.2, 0) is 0 Å². The molecule has 9 aromatic carbocycles. The first-order valence-electron chi connectivity index (χ1n) is 20.2. The Morgan fingerprint density at radius 3 is 1.78 bits per heavy atom. The van der Waals surface area contributed by atoms with Gasteiger partial charge in [-0.1, -0.05) is 152 Å². The number of nitrogens with zero attached hydrogens (tertiary/aromatic N) is 4. The van der Waals surface area contributed by atoms with Gasteiger partial charge in [0.25, 0.3) is 0 Å². The lowest BCUT2D eigenvalue weighted by Crippen LogP contribution is -2.00. The fourth-order valence-electron chi connectivity index (χ4n) is 8.76. The van der Waals surface area contributed by atoms with Crippen molar-refractivity contribution in [2.75, 3.05) is 0 Å². The zero-order valence-electron chi connectivity index (χ0n) is 32.3. The second-order valence-electron chi connectivity index (χ2n) is 15.2. The van der Waals surface area contributed by atoms with Crippen LogP contribution in [0.1, 0.15) is 0 Å². The molecule has 12 aromatic rings. The van der Waals surface area contributed by atoms with E-state index in [1.807, 2.05) is 48.5 Å². The molecule has 0 aliphatic heterocycles. The molecule has 0 atom stereocenters. The Bertz CT molecular complexity index is 3610. The van der Waals surface area contributed by atoms with E-state index in [1.54, 1.807) is 0 Å². The molecule has 0 aliphatic rings. The van der Waals surface area contributed by atoms with Gasteiger partial charge in [-0.25, -0.2) is 15.0 Å². The maximum atomic E-state index is 6.65. The molecule has 5 heteroatoms. The Morgan fingerprint density at radius 2 is 0.950 bits per heavy atom. The first-order chi connectivity index (χ1) is 29.7. The highest BCUT2D eigenvalue weighted by atomic mass is 16.3. The van der Waals surface area contributed by atoms with Gasteiger partial charge in [0, 0.05) is 43.9 Å². The van der Waals surface area contributed by atoms with Crippen LogP contribution < -0.4 is 0 Å². The molecule has 0 radical (unpaired) electrons. The van der Waals surface area contributed by atoms with E-state index in [-0.39, 0.29) is 0 Å². The molecule has 3 heterocycles. The van der Waals surface area contributed by atoms with Crippen LogP contribution in [0.2, 0.25) is 0 Å². The van der Waals surface area contributed by atoms with Crippen LogP contribution in [-0.4, -0.2) is 19.5 Å². The minimum atomic E-state index is 0.591. The van der Waals surface area contributed by atoms with E-state index >= 15 is 0 Å². The quantitative estimate of drug-likeness (QED) is 0.169. The average Bonchev–Trinajstić information content (AvgIpc) is 3.86. The Balaban J connectivity index is 0.982. The summed E-state index contributed by atoms with van der Waals surface area (Å²) < 4.78 is 9.04. The fraction of sp³-hybridized carbons (Fsp3) is 0. The molecule has 3 aromatic heterocycles. The third-order valence-corrected chi connectivity index (χ3v) is 11.6. The van der Waals surface area contributed by atoms with Gasteiger partial charge in [0.15, 0.2) is 17.5 Å². The molecular formula is C55H34N4O. The molecule has 0 N–H and O–H groups in total. The fourth-order valence-corrected chi connectivity index (χ4v) is 8.76. The van der Waals surface area contributed by atoms with Crippen LogP contribution in [0.25, 0.3) is 117 Å². The van der Waals surface area contributed by atoms with Crippen molar-refractivity contribution >= 4 is 54.5 Å². The standard InChI is InChI=1S/C55H34N4O/c1-3-14-35(15-4-1)37-20-11-22-42(30-37)54-56-53(36-16-5-2-6-17-36)57-55(58-54)46-25-13-27-50-52(46)45-29-28-41(34-51(45)60-50)38-21-12-23-43(31-38)59-48-26-10-9-24-44(48)47-32-39-18-7-8-19-40(39)33-49(47)59/h1-34H. The van der Waals surface area contributed by atoms with Gasteiger partial charge in [-0.3, -0.25) is 0 Å². The van der Waals surface area contributed by atoms with Crippen molar-refractivity contribution in [3.05, 3.63) is 206 Å². The predicted octanol–water partition coefficient (Wildman–Crippen LogP) is 14.4. The lowest BCUT2D eigenvalue weighted by Gasteiger charge is -2.11. The topological polar surface area (TPSA) is 56.7 Å². The maximum absolute atomic E-state index is 6.65. The Hall–Kier alpha value is -8.15. The van der Waals surface area contributed by atoms with E-state index in [1.165, 1.54) is 32.6 Å². The average molecular weight is 767 g/mol. The molecule has 60 heavy (non-hydrogen) atoms. The maximum Gasteiger partial charge on any atom is 0.164 e. The lowest BCUT2D eigenvalue weighted by molar-refractivity contribution is 0.669. The molecule has 5 nitrogen and oxygen atoms in total. The molecule has 0 spiro atoms. The molecule has 0 saturated heterocycles. The van der Waals surface area contributed by atoms with Crippen LogP contribution in [0, 0.1) is 0 Å². The zero-order valence-corrected chi connectivity index (χ0v) is 32.3. The van der Waals surface area contributed by atoms with Crippen molar-refractivity contribution in [2.24, 2.45) is 0 Å². The minimum Gasteiger partial charge on any atom is -0.456 e. The minimum absolute atomic E-state index is 0.591. The van der Waals surface area contributed by atoms with Crippen molar-refractivity contribution in [3.63, 3.8) is 0 Å². The summed E-state index contributed by atoms with van der Waals surface area (Å²) in [7, 11) is 0. The largest absolute Gasteiger partial charge is 0.456 e. The van der Waals surface area contributed by atoms with E-state index in [9.17, 15) is 0 Å². The van der Waals surface area contributed by atoms with E-state index in [2.05, 4.69) is 162 Å². The second-order valence-corrected chi connectivity index (χ2v) is 15.2. The number of hydrogen-bond donors (Lipinski definition) is 0. The molecule has 0 amide bonds. The van der Waals surface area contributed by atoms with Gasteiger partial charge in [-0.05, 0) is 87.6 Å². The highest BCUT2D eigenvalue weighted by Gasteiger charge is 2.19. The molecule has 12 rings (SSSR count). The van der Waals surface area contributed by atoms with Crippen LogP contribution in [0.5, 0.6) is 0 Å². The Morgan fingerprint density at radius 1 is 0.333 bits per heavy atom. The third kappa shape index (κ3) is 5.67. The van der Waals surface area contributed by atoms with Gasteiger partial charge in [-0.15, -0.1) is 0 Å². The first kappa shape index (κ1) is 33.9. The van der Waals surface area contributed by atoms with E-state index in [0.29, 0.717) is 17.5 Å². The summed E-state index contributed by atoms with van der Waals surface area (Å²) in [5, 5.41) is 6.93.